The van der Waals surface area contributed by atoms with Crippen molar-refractivity contribution in [2.24, 2.45) is 0 Å². The Morgan fingerprint density at radius 1 is 1.47 bits per heavy atom. The lowest BCUT2D eigenvalue weighted by molar-refractivity contribution is 0.273. The van der Waals surface area contributed by atoms with Crippen LogP contribution in [0.15, 0.2) is 10.8 Å². The molecule has 0 aromatic carbocycles. The zero-order valence-corrected chi connectivity index (χ0v) is 13.5. The second-order valence-corrected chi connectivity index (χ2v) is 6.79. The van der Waals surface area contributed by atoms with Crippen LogP contribution in [-0.2, 0) is 10.0 Å². The van der Waals surface area contributed by atoms with Gasteiger partial charge in [0, 0.05) is 6.54 Å². The fraction of sp³-hybridized carbons (Fsp3) is 0.600. The highest BCUT2D eigenvalue weighted by Gasteiger charge is 2.12. The Morgan fingerprint density at radius 2 is 2.16 bits per heavy atom. The molecule has 1 aromatic rings. The largest absolute Gasteiger partial charge is 0.475 e. The quantitative estimate of drug-likeness (QED) is 0.735. The number of sulfonamides is 1. The van der Waals surface area contributed by atoms with Crippen molar-refractivity contribution < 1.29 is 13.2 Å². The molecule has 1 aromatic heterocycles. The SMILES string of the molecule is CN(C)CCCOc1ncc(Br)nc1NS(C)(=O)=O. The number of nitrogens with one attached hydrogen (secondary N) is 1. The Morgan fingerprint density at radius 3 is 2.74 bits per heavy atom. The Labute approximate surface area is 121 Å². The molecule has 0 saturated carbocycles. The van der Waals surface area contributed by atoms with E-state index in [1.807, 2.05) is 19.0 Å². The molecule has 0 fully saturated rings. The topological polar surface area (TPSA) is 84.4 Å². The van der Waals surface area contributed by atoms with Gasteiger partial charge in [-0.1, -0.05) is 0 Å². The van der Waals surface area contributed by atoms with Gasteiger partial charge in [0.05, 0.1) is 19.1 Å². The number of hydrogen-bond donors (Lipinski definition) is 1. The van der Waals surface area contributed by atoms with Gasteiger partial charge < -0.3 is 9.64 Å². The van der Waals surface area contributed by atoms with Crippen molar-refractivity contribution in [2.75, 3.05) is 38.2 Å². The zero-order chi connectivity index (χ0) is 14.5. The monoisotopic (exact) mass is 352 g/mol. The molecule has 0 saturated heterocycles. The van der Waals surface area contributed by atoms with Crippen molar-refractivity contribution >= 4 is 31.8 Å². The molecule has 0 aliphatic rings. The first-order chi connectivity index (χ1) is 8.78. The highest BCUT2D eigenvalue weighted by atomic mass is 79.9. The molecule has 19 heavy (non-hydrogen) atoms. The van der Waals surface area contributed by atoms with E-state index in [1.54, 1.807) is 0 Å². The van der Waals surface area contributed by atoms with Crippen LogP contribution < -0.4 is 9.46 Å². The highest BCUT2D eigenvalue weighted by Crippen LogP contribution is 2.22. The molecule has 0 bridgehead atoms. The van der Waals surface area contributed by atoms with Gasteiger partial charge in [-0.25, -0.2) is 18.4 Å². The maximum absolute atomic E-state index is 11.2. The van der Waals surface area contributed by atoms with E-state index in [1.165, 1.54) is 6.20 Å². The van der Waals surface area contributed by atoms with Crippen molar-refractivity contribution in [1.82, 2.24) is 14.9 Å². The molecule has 1 rings (SSSR count). The van der Waals surface area contributed by atoms with Crippen LogP contribution in [0.2, 0.25) is 0 Å². The summed E-state index contributed by atoms with van der Waals surface area (Å²) in [6.45, 7) is 1.31. The minimum Gasteiger partial charge on any atom is -0.475 e. The van der Waals surface area contributed by atoms with E-state index in [4.69, 9.17) is 4.74 Å². The molecule has 7 nitrogen and oxygen atoms in total. The lowest BCUT2D eigenvalue weighted by Crippen LogP contribution is -2.17. The van der Waals surface area contributed by atoms with Gasteiger partial charge >= 0.3 is 0 Å². The number of ether oxygens (including phenoxy) is 1. The van der Waals surface area contributed by atoms with E-state index >= 15 is 0 Å². The number of nitrogens with zero attached hydrogens (tertiary/aromatic N) is 3. The molecule has 108 valence electrons. The predicted octanol–water partition coefficient (Wildman–Crippen LogP) is 0.941. The lowest BCUT2D eigenvalue weighted by atomic mass is 10.4. The summed E-state index contributed by atoms with van der Waals surface area (Å²) in [5.41, 5.74) is 0. The molecule has 0 aliphatic carbocycles. The number of hydrogen-bond acceptors (Lipinski definition) is 6. The molecule has 0 spiro atoms. The van der Waals surface area contributed by atoms with Gasteiger partial charge in [0.2, 0.25) is 15.8 Å². The fourth-order valence-electron chi connectivity index (χ4n) is 1.25. The second-order valence-electron chi connectivity index (χ2n) is 4.23. The van der Waals surface area contributed by atoms with E-state index in [0.717, 1.165) is 19.2 Å². The molecular weight excluding hydrogens is 336 g/mol. The number of aromatic nitrogens is 2. The molecule has 0 aliphatic heterocycles. The summed E-state index contributed by atoms with van der Waals surface area (Å²) in [5.74, 6) is 0.258. The van der Waals surface area contributed by atoms with Gasteiger partial charge in [0.1, 0.15) is 4.60 Å². The van der Waals surface area contributed by atoms with Crippen molar-refractivity contribution in [2.45, 2.75) is 6.42 Å². The van der Waals surface area contributed by atoms with Crippen LogP contribution in [0.1, 0.15) is 6.42 Å². The Balaban J connectivity index is 2.71. The normalized spacial score (nSPS) is 11.6. The number of halogens is 1. The summed E-state index contributed by atoms with van der Waals surface area (Å²) < 4.78 is 30.6. The first-order valence-electron chi connectivity index (χ1n) is 5.56. The van der Waals surface area contributed by atoms with Crippen LogP contribution in [0.25, 0.3) is 0 Å². The molecule has 0 unspecified atom stereocenters. The van der Waals surface area contributed by atoms with Crippen LogP contribution in [0.3, 0.4) is 0 Å². The minimum atomic E-state index is -3.42. The van der Waals surface area contributed by atoms with Crippen LogP contribution in [0.5, 0.6) is 5.88 Å². The predicted molar refractivity (Wildman–Crippen MR) is 76.9 cm³/mol. The third-order valence-corrected chi connectivity index (χ3v) is 2.93. The van der Waals surface area contributed by atoms with Crippen molar-refractivity contribution in [1.29, 1.82) is 0 Å². The van der Waals surface area contributed by atoms with Gasteiger partial charge in [-0.05, 0) is 36.4 Å². The molecule has 9 heteroatoms. The van der Waals surface area contributed by atoms with Crippen LogP contribution >= 0.6 is 15.9 Å². The summed E-state index contributed by atoms with van der Waals surface area (Å²) in [6.07, 6.45) is 3.31. The second kappa shape index (κ2) is 7.01. The van der Waals surface area contributed by atoms with Gasteiger partial charge in [-0.15, -0.1) is 0 Å². The smallest absolute Gasteiger partial charge is 0.258 e. The number of anilines is 1. The summed E-state index contributed by atoms with van der Waals surface area (Å²) in [7, 11) is 0.515. The van der Waals surface area contributed by atoms with Gasteiger partial charge in [0.25, 0.3) is 5.88 Å². The van der Waals surface area contributed by atoms with Crippen LogP contribution in [-0.4, -0.2) is 56.8 Å². The van der Waals surface area contributed by atoms with Gasteiger partial charge in [-0.2, -0.15) is 0 Å². The summed E-state index contributed by atoms with van der Waals surface area (Å²) in [5, 5.41) is 0. The van der Waals surface area contributed by atoms with E-state index in [9.17, 15) is 8.42 Å². The first kappa shape index (κ1) is 16.1. The van der Waals surface area contributed by atoms with Gasteiger partial charge in [-0.3, -0.25) is 4.72 Å². The van der Waals surface area contributed by atoms with Crippen LogP contribution in [0, 0.1) is 0 Å². The summed E-state index contributed by atoms with van der Waals surface area (Å²) in [4.78, 5) is 10.0. The number of rotatable bonds is 7. The highest BCUT2D eigenvalue weighted by molar-refractivity contribution is 9.10. The maximum Gasteiger partial charge on any atom is 0.258 e. The maximum atomic E-state index is 11.2. The van der Waals surface area contributed by atoms with E-state index in [-0.39, 0.29) is 11.7 Å². The standard InChI is InChI=1S/C10H17BrN4O3S/c1-15(2)5-4-6-18-10-9(14-19(3,16)17)13-8(11)7-12-10/h7H,4-6H2,1-3H3,(H,13,14). The summed E-state index contributed by atoms with van der Waals surface area (Å²) in [6, 6.07) is 0. The molecule has 0 radical (unpaired) electrons. The van der Waals surface area contributed by atoms with Crippen LogP contribution in [0.4, 0.5) is 5.82 Å². The summed E-state index contributed by atoms with van der Waals surface area (Å²) >= 11 is 3.13. The average molecular weight is 353 g/mol. The van der Waals surface area contributed by atoms with Crippen molar-refractivity contribution in [3.63, 3.8) is 0 Å². The average Bonchev–Trinajstić information content (AvgIpc) is 2.24. The lowest BCUT2D eigenvalue weighted by Gasteiger charge is -2.12. The van der Waals surface area contributed by atoms with Crippen molar-refractivity contribution in [3.05, 3.63) is 10.8 Å². The Kier molecular flexibility index (Phi) is 5.95. The molecule has 0 amide bonds. The van der Waals surface area contributed by atoms with E-state index in [0.29, 0.717) is 11.2 Å². The van der Waals surface area contributed by atoms with Crippen molar-refractivity contribution in [3.8, 4) is 5.88 Å². The third kappa shape index (κ3) is 6.69. The van der Waals surface area contributed by atoms with Gasteiger partial charge in [0.15, 0.2) is 0 Å². The van der Waals surface area contributed by atoms with E-state index in [2.05, 4.69) is 30.6 Å². The van der Waals surface area contributed by atoms with E-state index < -0.39 is 10.0 Å². The minimum absolute atomic E-state index is 0.0849. The Bertz CT molecular complexity index is 522. The molecular formula is C10H17BrN4O3S. The fourth-order valence-corrected chi connectivity index (χ4v) is 2.02. The third-order valence-electron chi connectivity index (χ3n) is 1.98. The zero-order valence-electron chi connectivity index (χ0n) is 11.1. The Hall–Kier alpha value is -0.930. The molecule has 1 heterocycles. The first-order valence-corrected chi connectivity index (χ1v) is 8.24. The molecule has 0 atom stereocenters. The molecule has 1 N–H and O–H groups in total.